The minimum atomic E-state index is 0.107. The first kappa shape index (κ1) is 16.7. The molecular formula is C16H31N3O2. The van der Waals surface area contributed by atoms with Crippen LogP contribution in [0.4, 0.5) is 0 Å². The van der Waals surface area contributed by atoms with Crippen LogP contribution in [0.2, 0.25) is 0 Å². The molecule has 5 nitrogen and oxygen atoms in total. The van der Waals surface area contributed by atoms with Gasteiger partial charge in [0.1, 0.15) is 0 Å². The van der Waals surface area contributed by atoms with Gasteiger partial charge in [0.2, 0.25) is 5.91 Å². The van der Waals surface area contributed by atoms with E-state index in [4.69, 9.17) is 5.11 Å². The van der Waals surface area contributed by atoms with Crippen molar-refractivity contribution in [2.24, 2.45) is 0 Å². The van der Waals surface area contributed by atoms with E-state index in [0.717, 1.165) is 58.3 Å². The number of aliphatic hydroxyl groups excluding tert-OH is 1. The third-order valence-corrected chi connectivity index (χ3v) is 4.88. The summed E-state index contributed by atoms with van der Waals surface area (Å²) in [7, 11) is 1.93. The van der Waals surface area contributed by atoms with Crippen LogP contribution in [0, 0.1) is 0 Å². The van der Waals surface area contributed by atoms with E-state index < -0.39 is 0 Å². The molecule has 5 heteroatoms. The molecule has 2 saturated heterocycles. The van der Waals surface area contributed by atoms with E-state index in [9.17, 15) is 4.79 Å². The second-order valence-corrected chi connectivity index (χ2v) is 6.42. The number of carbonyl (C=O) groups excluding carboxylic acids is 1. The molecule has 0 aromatic heterocycles. The molecular weight excluding hydrogens is 266 g/mol. The molecule has 0 bridgehead atoms. The van der Waals surface area contributed by atoms with E-state index in [1.165, 1.54) is 12.8 Å². The van der Waals surface area contributed by atoms with Crippen LogP contribution in [-0.4, -0.2) is 72.7 Å². The van der Waals surface area contributed by atoms with Crippen molar-refractivity contribution in [1.29, 1.82) is 0 Å². The summed E-state index contributed by atoms with van der Waals surface area (Å²) in [5, 5.41) is 12.2. The van der Waals surface area contributed by atoms with Crippen LogP contribution in [0.15, 0.2) is 0 Å². The number of piperidine rings is 1. The number of carbonyl (C=O) groups is 1. The maximum Gasteiger partial charge on any atom is 0.239 e. The van der Waals surface area contributed by atoms with Crippen molar-refractivity contribution in [2.45, 2.75) is 57.0 Å². The number of nitrogens with zero attached hydrogens (tertiary/aromatic N) is 2. The van der Waals surface area contributed by atoms with Crippen LogP contribution in [0.5, 0.6) is 0 Å². The van der Waals surface area contributed by atoms with E-state index in [2.05, 4.69) is 10.2 Å². The Hall–Kier alpha value is -0.650. The number of rotatable bonds is 7. The summed E-state index contributed by atoms with van der Waals surface area (Å²) in [6.45, 7) is 4.32. The lowest BCUT2D eigenvalue weighted by Gasteiger charge is -2.36. The summed E-state index contributed by atoms with van der Waals surface area (Å²) in [6, 6.07) is 0.696. The molecule has 2 N–H and O–H groups in total. The Kier molecular flexibility index (Phi) is 6.93. The number of unbranched alkanes of at least 4 members (excludes halogenated alkanes) is 2. The first-order valence-corrected chi connectivity index (χ1v) is 8.56. The average Bonchev–Trinajstić information content (AvgIpc) is 3.01. The zero-order valence-corrected chi connectivity index (χ0v) is 13.4. The summed E-state index contributed by atoms with van der Waals surface area (Å²) in [6.07, 6.45) is 7.34. The van der Waals surface area contributed by atoms with Crippen LogP contribution in [-0.2, 0) is 4.79 Å². The van der Waals surface area contributed by atoms with Gasteiger partial charge in [0.05, 0.1) is 6.04 Å². The summed E-state index contributed by atoms with van der Waals surface area (Å²) < 4.78 is 0. The number of hydrogen-bond acceptors (Lipinski definition) is 4. The molecule has 2 aliphatic rings. The molecule has 21 heavy (non-hydrogen) atoms. The molecule has 2 rings (SSSR count). The second kappa shape index (κ2) is 8.71. The van der Waals surface area contributed by atoms with Crippen molar-refractivity contribution in [3.63, 3.8) is 0 Å². The van der Waals surface area contributed by atoms with Gasteiger partial charge in [-0.05, 0) is 64.6 Å². The smallest absolute Gasteiger partial charge is 0.239 e. The standard InChI is InChI=1S/C16H31N3O2/c1-18(11-3-2-4-13-20)16(21)15-6-5-12-19(15)14-7-9-17-10-8-14/h14-15,17,20H,2-13H2,1H3. The average molecular weight is 297 g/mol. The van der Waals surface area contributed by atoms with Gasteiger partial charge < -0.3 is 15.3 Å². The molecule has 2 fully saturated rings. The molecule has 1 amide bonds. The molecule has 0 aromatic carbocycles. The first-order chi connectivity index (χ1) is 10.2. The van der Waals surface area contributed by atoms with Crippen molar-refractivity contribution < 1.29 is 9.90 Å². The summed E-state index contributed by atoms with van der Waals surface area (Å²) >= 11 is 0. The monoisotopic (exact) mass is 297 g/mol. The van der Waals surface area contributed by atoms with Gasteiger partial charge in [-0.3, -0.25) is 9.69 Å². The van der Waals surface area contributed by atoms with Gasteiger partial charge in [-0.1, -0.05) is 0 Å². The number of hydrogen-bond donors (Lipinski definition) is 2. The molecule has 0 spiro atoms. The molecule has 1 unspecified atom stereocenters. The lowest BCUT2D eigenvalue weighted by molar-refractivity contribution is -0.135. The Balaban J connectivity index is 1.81. The van der Waals surface area contributed by atoms with Crippen LogP contribution in [0.25, 0.3) is 0 Å². The Bertz CT molecular complexity index is 319. The summed E-state index contributed by atoms with van der Waals surface area (Å²) in [5.74, 6) is 0.301. The lowest BCUT2D eigenvalue weighted by Crippen LogP contribution is -2.51. The van der Waals surface area contributed by atoms with Crippen molar-refractivity contribution in [3.8, 4) is 0 Å². The first-order valence-electron chi connectivity index (χ1n) is 8.56. The minimum Gasteiger partial charge on any atom is -0.396 e. The van der Waals surface area contributed by atoms with Crippen LogP contribution in [0.3, 0.4) is 0 Å². The van der Waals surface area contributed by atoms with Crippen LogP contribution < -0.4 is 5.32 Å². The van der Waals surface area contributed by atoms with Gasteiger partial charge in [0.25, 0.3) is 0 Å². The predicted molar refractivity (Wildman–Crippen MR) is 84.2 cm³/mol. The van der Waals surface area contributed by atoms with Gasteiger partial charge in [0, 0.05) is 26.2 Å². The summed E-state index contributed by atoms with van der Waals surface area (Å²) in [5.41, 5.74) is 0. The molecule has 1 atom stereocenters. The topological polar surface area (TPSA) is 55.8 Å². The van der Waals surface area contributed by atoms with Gasteiger partial charge >= 0.3 is 0 Å². The SMILES string of the molecule is CN(CCCCCO)C(=O)C1CCCN1C1CCNCC1. The second-order valence-electron chi connectivity index (χ2n) is 6.42. The molecule has 0 aromatic rings. The van der Waals surface area contributed by atoms with E-state index >= 15 is 0 Å². The lowest BCUT2D eigenvalue weighted by atomic mass is 10.0. The molecule has 0 radical (unpaired) electrons. The fraction of sp³-hybridized carbons (Fsp3) is 0.938. The highest BCUT2D eigenvalue weighted by atomic mass is 16.2. The fourth-order valence-electron chi connectivity index (χ4n) is 3.63. The number of amides is 1. The van der Waals surface area contributed by atoms with Gasteiger partial charge in [-0.15, -0.1) is 0 Å². The highest BCUT2D eigenvalue weighted by Gasteiger charge is 2.36. The predicted octanol–water partition coefficient (Wildman–Crippen LogP) is 0.824. The number of likely N-dealkylation sites (tertiary alicyclic amines) is 1. The van der Waals surface area contributed by atoms with Crippen molar-refractivity contribution in [1.82, 2.24) is 15.1 Å². The Labute approximate surface area is 128 Å². The Morgan fingerprint density at radius 3 is 2.71 bits per heavy atom. The normalized spacial score (nSPS) is 24.4. The zero-order chi connectivity index (χ0) is 15.1. The molecule has 2 aliphatic heterocycles. The number of likely N-dealkylation sites (N-methyl/N-ethyl adjacent to an activating group) is 1. The van der Waals surface area contributed by atoms with Gasteiger partial charge in [-0.2, -0.15) is 0 Å². The number of nitrogens with one attached hydrogen (secondary N) is 1. The third kappa shape index (κ3) is 4.66. The van der Waals surface area contributed by atoms with Crippen LogP contribution >= 0.6 is 0 Å². The highest BCUT2D eigenvalue weighted by Crippen LogP contribution is 2.25. The molecule has 2 heterocycles. The fourth-order valence-corrected chi connectivity index (χ4v) is 3.63. The van der Waals surface area contributed by atoms with E-state index in [0.29, 0.717) is 11.9 Å². The van der Waals surface area contributed by atoms with Gasteiger partial charge in [-0.25, -0.2) is 0 Å². The van der Waals surface area contributed by atoms with E-state index in [1.807, 2.05) is 11.9 Å². The minimum absolute atomic E-state index is 0.107. The van der Waals surface area contributed by atoms with E-state index in [-0.39, 0.29) is 12.6 Å². The zero-order valence-electron chi connectivity index (χ0n) is 13.4. The van der Waals surface area contributed by atoms with Crippen molar-refractivity contribution >= 4 is 5.91 Å². The highest BCUT2D eigenvalue weighted by molar-refractivity contribution is 5.82. The maximum absolute atomic E-state index is 12.7. The van der Waals surface area contributed by atoms with E-state index in [1.54, 1.807) is 0 Å². The third-order valence-electron chi connectivity index (χ3n) is 4.88. The van der Waals surface area contributed by atoms with Crippen LogP contribution in [0.1, 0.15) is 44.9 Å². The number of aliphatic hydroxyl groups is 1. The molecule has 0 aliphatic carbocycles. The quantitative estimate of drug-likeness (QED) is 0.683. The Morgan fingerprint density at radius 1 is 1.24 bits per heavy atom. The summed E-state index contributed by atoms with van der Waals surface area (Å²) in [4.78, 5) is 17.1. The van der Waals surface area contributed by atoms with Crippen molar-refractivity contribution in [2.75, 3.05) is 39.8 Å². The Morgan fingerprint density at radius 2 is 2.00 bits per heavy atom. The molecule has 0 saturated carbocycles. The maximum atomic E-state index is 12.7. The molecule has 122 valence electrons. The van der Waals surface area contributed by atoms with Gasteiger partial charge in [0.15, 0.2) is 0 Å². The van der Waals surface area contributed by atoms with Crippen molar-refractivity contribution in [3.05, 3.63) is 0 Å². The largest absolute Gasteiger partial charge is 0.396 e.